The predicted octanol–water partition coefficient (Wildman–Crippen LogP) is 3.13. The van der Waals surface area contributed by atoms with Crippen molar-refractivity contribution in [1.29, 1.82) is 0 Å². The number of hydrogen-bond acceptors (Lipinski definition) is 6. The van der Waals surface area contributed by atoms with Crippen LogP contribution in [0.15, 0.2) is 66.9 Å². The predicted molar refractivity (Wildman–Crippen MR) is 141 cm³/mol. The molecule has 2 aromatic heterocycles. The van der Waals surface area contributed by atoms with E-state index in [4.69, 9.17) is 10.1 Å². The van der Waals surface area contributed by atoms with Crippen molar-refractivity contribution in [3.63, 3.8) is 0 Å². The average Bonchev–Trinajstić information content (AvgIpc) is 3.26. The number of nitrogens with zero attached hydrogens (tertiary/aromatic N) is 6. The largest absolute Gasteiger partial charge is 0.369 e. The minimum atomic E-state index is -3.35. The molecular weight excluding hydrogens is 460 g/mol. The Labute approximate surface area is 206 Å². The van der Waals surface area contributed by atoms with Crippen LogP contribution >= 0.6 is 0 Å². The van der Waals surface area contributed by atoms with Gasteiger partial charge >= 0.3 is 0 Å². The lowest BCUT2D eigenvalue weighted by Gasteiger charge is -2.34. The molecule has 0 saturated carbocycles. The SMILES string of the molecule is CN1CCN(c2ccc(Cc3nc4c(-c5cccc(N(C)S(C)(=O)=O)c5)cccn4n3)cc2)CC1. The highest BCUT2D eigenvalue weighted by molar-refractivity contribution is 7.92. The second kappa shape index (κ2) is 9.31. The molecule has 2 aromatic carbocycles. The van der Waals surface area contributed by atoms with E-state index >= 15 is 0 Å². The van der Waals surface area contributed by atoms with Crippen molar-refractivity contribution in [1.82, 2.24) is 19.5 Å². The van der Waals surface area contributed by atoms with E-state index in [-0.39, 0.29) is 0 Å². The number of pyridine rings is 1. The molecule has 0 N–H and O–H groups in total. The second-order valence-corrected chi connectivity index (χ2v) is 11.1. The van der Waals surface area contributed by atoms with Gasteiger partial charge < -0.3 is 9.80 Å². The smallest absolute Gasteiger partial charge is 0.231 e. The van der Waals surface area contributed by atoms with Crippen molar-refractivity contribution in [2.24, 2.45) is 0 Å². The van der Waals surface area contributed by atoms with Crippen LogP contribution in [0.25, 0.3) is 16.8 Å². The Kier molecular flexibility index (Phi) is 6.21. The molecule has 0 radical (unpaired) electrons. The van der Waals surface area contributed by atoms with Gasteiger partial charge in [0.25, 0.3) is 0 Å². The number of likely N-dealkylation sites (N-methyl/N-ethyl adjacent to an activating group) is 1. The molecule has 0 spiro atoms. The summed E-state index contributed by atoms with van der Waals surface area (Å²) in [6.07, 6.45) is 3.72. The van der Waals surface area contributed by atoms with Crippen LogP contribution < -0.4 is 9.21 Å². The summed E-state index contributed by atoms with van der Waals surface area (Å²) in [4.78, 5) is 9.61. The molecule has 35 heavy (non-hydrogen) atoms. The topological polar surface area (TPSA) is 74.0 Å². The monoisotopic (exact) mass is 490 g/mol. The summed E-state index contributed by atoms with van der Waals surface area (Å²) in [6, 6.07) is 20.1. The maximum Gasteiger partial charge on any atom is 0.231 e. The minimum absolute atomic E-state index is 0.604. The van der Waals surface area contributed by atoms with Gasteiger partial charge in [0, 0.05) is 57.1 Å². The average molecular weight is 491 g/mol. The lowest BCUT2D eigenvalue weighted by molar-refractivity contribution is 0.313. The van der Waals surface area contributed by atoms with Gasteiger partial charge in [-0.05, 0) is 54.6 Å². The molecular formula is C26H30N6O2S. The van der Waals surface area contributed by atoms with Crippen molar-refractivity contribution in [2.75, 3.05) is 55.7 Å². The van der Waals surface area contributed by atoms with E-state index < -0.39 is 10.0 Å². The molecule has 0 bridgehead atoms. The third-order valence-corrected chi connectivity index (χ3v) is 7.80. The standard InChI is InChI=1S/C26H30N6O2S/c1-29-14-16-31(17-15-29)22-11-9-20(10-12-22)18-25-27-26-24(8-5-13-32(26)28-25)21-6-4-7-23(19-21)30(2)35(3,33)34/h4-13,19H,14-18H2,1-3H3. The van der Waals surface area contributed by atoms with Gasteiger partial charge in [0.2, 0.25) is 10.0 Å². The molecule has 5 rings (SSSR count). The first-order valence-electron chi connectivity index (χ1n) is 11.7. The van der Waals surface area contributed by atoms with Crippen LogP contribution in [0.5, 0.6) is 0 Å². The van der Waals surface area contributed by atoms with Crippen LogP contribution in [0.2, 0.25) is 0 Å². The molecule has 3 heterocycles. The van der Waals surface area contributed by atoms with E-state index in [1.54, 1.807) is 17.6 Å². The van der Waals surface area contributed by atoms with Gasteiger partial charge in [-0.15, -0.1) is 0 Å². The molecule has 1 aliphatic heterocycles. The van der Waals surface area contributed by atoms with E-state index in [0.717, 1.165) is 54.3 Å². The lowest BCUT2D eigenvalue weighted by Crippen LogP contribution is -2.44. The highest BCUT2D eigenvalue weighted by Gasteiger charge is 2.16. The zero-order valence-electron chi connectivity index (χ0n) is 20.3. The van der Waals surface area contributed by atoms with Crippen LogP contribution in [0, 0.1) is 0 Å². The van der Waals surface area contributed by atoms with E-state index in [1.165, 1.54) is 16.2 Å². The molecule has 1 saturated heterocycles. The number of benzene rings is 2. The van der Waals surface area contributed by atoms with E-state index in [1.807, 2.05) is 36.5 Å². The molecule has 0 unspecified atom stereocenters. The fraction of sp³-hybridized carbons (Fsp3) is 0.308. The lowest BCUT2D eigenvalue weighted by atomic mass is 10.1. The maximum absolute atomic E-state index is 12.0. The Balaban J connectivity index is 1.39. The third-order valence-electron chi connectivity index (χ3n) is 6.59. The van der Waals surface area contributed by atoms with Crippen LogP contribution in [0.3, 0.4) is 0 Å². The zero-order chi connectivity index (χ0) is 24.6. The third kappa shape index (κ3) is 5.01. The molecule has 1 aliphatic rings. The van der Waals surface area contributed by atoms with Gasteiger partial charge in [0.1, 0.15) is 0 Å². The number of anilines is 2. The Morgan fingerprint density at radius 2 is 1.71 bits per heavy atom. The summed E-state index contributed by atoms with van der Waals surface area (Å²) >= 11 is 0. The van der Waals surface area contributed by atoms with Crippen molar-refractivity contribution < 1.29 is 8.42 Å². The van der Waals surface area contributed by atoms with Crippen molar-refractivity contribution in [2.45, 2.75) is 6.42 Å². The molecule has 9 heteroatoms. The molecule has 0 aliphatic carbocycles. The summed E-state index contributed by atoms with van der Waals surface area (Å²) in [5.74, 6) is 0.745. The van der Waals surface area contributed by atoms with Crippen molar-refractivity contribution in [3.05, 3.63) is 78.2 Å². The molecule has 1 fully saturated rings. The van der Waals surface area contributed by atoms with Gasteiger partial charge in [-0.25, -0.2) is 17.9 Å². The first kappa shape index (κ1) is 23.3. The fourth-order valence-corrected chi connectivity index (χ4v) is 4.88. The summed E-state index contributed by atoms with van der Waals surface area (Å²) in [5.41, 5.74) is 5.56. The number of piperazine rings is 1. The number of fused-ring (bicyclic) bond motifs is 1. The van der Waals surface area contributed by atoms with Gasteiger partial charge in [0.15, 0.2) is 11.5 Å². The summed E-state index contributed by atoms with van der Waals surface area (Å²) in [5, 5.41) is 4.69. The fourth-order valence-electron chi connectivity index (χ4n) is 4.38. The van der Waals surface area contributed by atoms with Gasteiger partial charge in [-0.2, -0.15) is 5.10 Å². The Hall–Kier alpha value is -3.43. The Morgan fingerprint density at radius 1 is 0.971 bits per heavy atom. The van der Waals surface area contributed by atoms with Crippen LogP contribution in [-0.4, -0.2) is 74.4 Å². The molecule has 4 aromatic rings. The minimum Gasteiger partial charge on any atom is -0.369 e. The molecule has 0 atom stereocenters. The van der Waals surface area contributed by atoms with Crippen LogP contribution in [-0.2, 0) is 16.4 Å². The van der Waals surface area contributed by atoms with E-state index in [9.17, 15) is 8.42 Å². The Bertz CT molecular complexity index is 1440. The van der Waals surface area contributed by atoms with Gasteiger partial charge in [-0.3, -0.25) is 4.31 Å². The summed E-state index contributed by atoms with van der Waals surface area (Å²) in [7, 11) is 0.374. The van der Waals surface area contributed by atoms with E-state index in [0.29, 0.717) is 12.1 Å². The normalized spacial score (nSPS) is 15.0. The van der Waals surface area contributed by atoms with E-state index in [2.05, 4.69) is 41.1 Å². The Morgan fingerprint density at radius 3 is 2.43 bits per heavy atom. The summed E-state index contributed by atoms with van der Waals surface area (Å²) in [6.45, 7) is 4.27. The maximum atomic E-state index is 12.0. The van der Waals surface area contributed by atoms with Crippen LogP contribution in [0.4, 0.5) is 11.4 Å². The molecule has 0 amide bonds. The quantitative estimate of drug-likeness (QED) is 0.414. The summed E-state index contributed by atoms with van der Waals surface area (Å²) < 4.78 is 27.0. The first-order valence-corrected chi connectivity index (χ1v) is 13.5. The zero-order valence-corrected chi connectivity index (χ0v) is 21.1. The second-order valence-electron chi connectivity index (χ2n) is 9.13. The van der Waals surface area contributed by atoms with Gasteiger partial charge in [-0.1, -0.05) is 24.3 Å². The highest BCUT2D eigenvalue weighted by atomic mass is 32.2. The van der Waals surface area contributed by atoms with Crippen molar-refractivity contribution >= 4 is 27.0 Å². The molecule has 182 valence electrons. The number of sulfonamides is 1. The van der Waals surface area contributed by atoms with Crippen molar-refractivity contribution in [3.8, 4) is 11.1 Å². The number of hydrogen-bond donors (Lipinski definition) is 0. The van der Waals surface area contributed by atoms with Crippen LogP contribution in [0.1, 0.15) is 11.4 Å². The highest BCUT2D eigenvalue weighted by Crippen LogP contribution is 2.28. The number of aromatic nitrogens is 3. The first-order chi connectivity index (χ1) is 16.8. The molecule has 8 nitrogen and oxygen atoms in total. The van der Waals surface area contributed by atoms with Gasteiger partial charge in [0.05, 0.1) is 11.9 Å². The number of rotatable bonds is 6.